The van der Waals surface area contributed by atoms with Crippen LogP contribution >= 0.6 is 0 Å². The lowest BCUT2D eigenvalue weighted by atomic mass is 10.1. The van der Waals surface area contributed by atoms with Crippen LogP contribution < -0.4 is 5.32 Å². The maximum Gasteiger partial charge on any atom is 0.113 e. The summed E-state index contributed by atoms with van der Waals surface area (Å²) in [5.41, 5.74) is 4.43. The summed E-state index contributed by atoms with van der Waals surface area (Å²) in [5, 5.41) is 11.8. The van der Waals surface area contributed by atoms with E-state index in [4.69, 9.17) is 4.74 Å². The summed E-state index contributed by atoms with van der Waals surface area (Å²) in [4.78, 5) is 0. The number of nitrogens with one attached hydrogen (secondary N) is 1. The second-order valence-electron chi connectivity index (χ2n) is 5.54. The van der Waals surface area contributed by atoms with Crippen molar-refractivity contribution in [3.63, 3.8) is 0 Å². The van der Waals surface area contributed by atoms with Crippen LogP contribution in [0.3, 0.4) is 0 Å². The smallest absolute Gasteiger partial charge is 0.113 e. The van der Waals surface area contributed by atoms with Gasteiger partial charge in [-0.25, -0.2) is 4.68 Å². The van der Waals surface area contributed by atoms with Crippen molar-refractivity contribution in [1.82, 2.24) is 20.3 Å². The molecule has 0 bridgehead atoms. The summed E-state index contributed by atoms with van der Waals surface area (Å²) in [6.45, 7) is 3.32. The van der Waals surface area contributed by atoms with Crippen molar-refractivity contribution in [3.05, 3.63) is 59.7 Å². The van der Waals surface area contributed by atoms with Gasteiger partial charge in [0.25, 0.3) is 0 Å². The van der Waals surface area contributed by atoms with Crippen LogP contribution in [0.4, 0.5) is 0 Å². The van der Waals surface area contributed by atoms with E-state index in [1.54, 1.807) is 0 Å². The zero-order valence-electron chi connectivity index (χ0n) is 12.3. The quantitative estimate of drug-likeness (QED) is 0.804. The SMILES string of the molecule is c1ccc2c(c1)nnn2Cc1ccc(C2CNCCO2)cc1. The lowest BCUT2D eigenvalue weighted by Gasteiger charge is -2.24. The van der Waals surface area contributed by atoms with Crippen molar-refractivity contribution in [2.24, 2.45) is 0 Å². The van der Waals surface area contributed by atoms with E-state index < -0.39 is 0 Å². The summed E-state index contributed by atoms with van der Waals surface area (Å²) in [7, 11) is 0. The predicted octanol–water partition coefficient (Wildman–Crippen LogP) is 2.14. The van der Waals surface area contributed by atoms with Crippen LogP contribution in [-0.4, -0.2) is 34.7 Å². The third-order valence-electron chi connectivity index (χ3n) is 4.03. The predicted molar refractivity (Wildman–Crippen MR) is 84.6 cm³/mol. The van der Waals surface area contributed by atoms with E-state index in [1.807, 2.05) is 28.9 Å². The van der Waals surface area contributed by atoms with E-state index in [0.29, 0.717) is 0 Å². The molecule has 1 unspecified atom stereocenters. The number of benzene rings is 2. The molecule has 1 aromatic heterocycles. The maximum atomic E-state index is 5.78. The van der Waals surface area contributed by atoms with Gasteiger partial charge < -0.3 is 10.1 Å². The molecule has 0 saturated carbocycles. The molecular formula is C17H18N4O. The summed E-state index contributed by atoms with van der Waals surface area (Å²) >= 11 is 0. The van der Waals surface area contributed by atoms with Gasteiger partial charge in [-0.05, 0) is 23.3 Å². The minimum Gasteiger partial charge on any atom is -0.371 e. The van der Waals surface area contributed by atoms with Crippen molar-refractivity contribution in [3.8, 4) is 0 Å². The van der Waals surface area contributed by atoms with E-state index in [2.05, 4.69) is 39.9 Å². The molecule has 1 fully saturated rings. The molecule has 0 amide bonds. The van der Waals surface area contributed by atoms with Gasteiger partial charge >= 0.3 is 0 Å². The molecule has 1 atom stereocenters. The zero-order valence-corrected chi connectivity index (χ0v) is 12.3. The molecule has 1 aliphatic rings. The summed E-state index contributed by atoms with van der Waals surface area (Å²) in [6.07, 6.45) is 0.162. The fraction of sp³-hybridized carbons (Fsp3) is 0.294. The van der Waals surface area contributed by atoms with E-state index in [0.717, 1.165) is 37.3 Å². The Morgan fingerprint density at radius 1 is 1.14 bits per heavy atom. The van der Waals surface area contributed by atoms with Crippen LogP contribution in [-0.2, 0) is 11.3 Å². The summed E-state index contributed by atoms with van der Waals surface area (Å²) < 4.78 is 7.71. The van der Waals surface area contributed by atoms with Gasteiger partial charge in [-0.3, -0.25) is 0 Å². The van der Waals surface area contributed by atoms with Gasteiger partial charge in [0.15, 0.2) is 0 Å². The van der Waals surface area contributed by atoms with Gasteiger partial charge in [0, 0.05) is 13.1 Å². The second-order valence-corrected chi connectivity index (χ2v) is 5.54. The molecule has 0 aliphatic carbocycles. The standard InChI is InChI=1S/C17H18N4O/c1-2-4-16-15(3-1)19-20-21(16)12-13-5-7-14(8-6-13)17-11-18-9-10-22-17/h1-8,17-18H,9-12H2. The Balaban J connectivity index is 1.53. The zero-order chi connectivity index (χ0) is 14.8. The minimum atomic E-state index is 0.162. The number of nitrogens with zero attached hydrogens (tertiary/aromatic N) is 3. The third-order valence-corrected chi connectivity index (χ3v) is 4.03. The molecule has 2 aromatic carbocycles. The van der Waals surface area contributed by atoms with Crippen LogP contribution in [0.25, 0.3) is 11.0 Å². The molecule has 3 aromatic rings. The minimum absolute atomic E-state index is 0.162. The van der Waals surface area contributed by atoms with E-state index in [9.17, 15) is 0 Å². The number of aromatic nitrogens is 3. The molecule has 1 N–H and O–H groups in total. The first-order chi connectivity index (χ1) is 10.9. The summed E-state index contributed by atoms with van der Waals surface area (Å²) in [6, 6.07) is 16.6. The number of hydrogen-bond donors (Lipinski definition) is 1. The normalized spacial score (nSPS) is 18.6. The van der Waals surface area contributed by atoms with Crippen LogP contribution in [0.1, 0.15) is 17.2 Å². The monoisotopic (exact) mass is 294 g/mol. The van der Waals surface area contributed by atoms with Gasteiger partial charge in [0.05, 0.1) is 24.8 Å². The van der Waals surface area contributed by atoms with Crippen LogP contribution in [0.2, 0.25) is 0 Å². The summed E-state index contributed by atoms with van der Waals surface area (Å²) in [5.74, 6) is 0. The first-order valence-electron chi connectivity index (χ1n) is 7.59. The lowest BCUT2D eigenvalue weighted by Crippen LogP contribution is -2.33. The molecule has 0 radical (unpaired) electrons. The average Bonchev–Trinajstić information content (AvgIpc) is 3.00. The van der Waals surface area contributed by atoms with Crippen LogP contribution in [0.5, 0.6) is 0 Å². The molecule has 5 nitrogen and oxygen atoms in total. The van der Waals surface area contributed by atoms with E-state index in [-0.39, 0.29) is 6.10 Å². The van der Waals surface area contributed by atoms with Crippen molar-refractivity contribution in [2.45, 2.75) is 12.6 Å². The van der Waals surface area contributed by atoms with Crippen LogP contribution in [0, 0.1) is 0 Å². The largest absolute Gasteiger partial charge is 0.371 e. The Hall–Kier alpha value is -2.24. The average molecular weight is 294 g/mol. The fourth-order valence-corrected chi connectivity index (χ4v) is 2.82. The van der Waals surface area contributed by atoms with Gasteiger partial charge in [0.2, 0.25) is 0 Å². The number of morpholine rings is 1. The fourth-order valence-electron chi connectivity index (χ4n) is 2.82. The van der Waals surface area contributed by atoms with Gasteiger partial charge in [-0.2, -0.15) is 0 Å². The molecule has 0 spiro atoms. The van der Waals surface area contributed by atoms with Gasteiger partial charge in [-0.1, -0.05) is 41.6 Å². The second kappa shape index (κ2) is 5.87. The molecule has 22 heavy (non-hydrogen) atoms. The topological polar surface area (TPSA) is 52.0 Å². The molecule has 5 heteroatoms. The number of para-hydroxylation sites is 1. The Bertz CT molecular complexity index is 760. The first-order valence-corrected chi connectivity index (χ1v) is 7.59. The number of hydrogen-bond acceptors (Lipinski definition) is 4. The van der Waals surface area contributed by atoms with Crippen molar-refractivity contribution in [1.29, 1.82) is 0 Å². The Morgan fingerprint density at radius 3 is 2.82 bits per heavy atom. The molecule has 2 heterocycles. The number of fused-ring (bicyclic) bond motifs is 1. The van der Waals surface area contributed by atoms with Gasteiger partial charge in [0.1, 0.15) is 5.52 Å². The first kappa shape index (κ1) is 13.4. The van der Waals surface area contributed by atoms with Crippen molar-refractivity contribution >= 4 is 11.0 Å². The Labute approximate surface area is 128 Å². The van der Waals surface area contributed by atoms with Gasteiger partial charge in [-0.15, -0.1) is 5.10 Å². The number of rotatable bonds is 3. The van der Waals surface area contributed by atoms with Crippen LogP contribution in [0.15, 0.2) is 48.5 Å². The molecular weight excluding hydrogens is 276 g/mol. The van der Waals surface area contributed by atoms with E-state index in [1.165, 1.54) is 11.1 Å². The Kier molecular flexibility index (Phi) is 3.58. The highest BCUT2D eigenvalue weighted by molar-refractivity contribution is 5.73. The molecule has 1 saturated heterocycles. The van der Waals surface area contributed by atoms with Crippen molar-refractivity contribution < 1.29 is 4.74 Å². The highest BCUT2D eigenvalue weighted by atomic mass is 16.5. The lowest BCUT2D eigenvalue weighted by molar-refractivity contribution is 0.0277. The molecule has 4 rings (SSSR count). The van der Waals surface area contributed by atoms with E-state index >= 15 is 0 Å². The molecule has 112 valence electrons. The Morgan fingerprint density at radius 2 is 2.00 bits per heavy atom. The maximum absolute atomic E-state index is 5.78. The third kappa shape index (κ3) is 2.61. The van der Waals surface area contributed by atoms with Crippen molar-refractivity contribution in [2.75, 3.05) is 19.7 Å². The number of ether oxygens (including phenoxy) is 1. The highest BCUT2D eigenvalue weighted by Crippen LogP contribution is 2.20. The highest BCUT2D eigenvalue weighted by Gasteiger charge is 2.15. The molecule has 1 aliphatic heterocycles.